The largest absolute Gasteiger partial charge is 0.279 e. The topological polar surface area (TPSA) is 117 Å². The number of nitrogens with one attached hydrogen (secondary N) is 3. The van der Waals surface area contributed by atoms with Gasteiger partial charge in [-0.05, 0) is 41.3 Å². The summed E-state index contributed by atoms with van der Waals surface area (Å²) < 4.78 is 27.1. The molecular formula is C18H16N4O4S2. The van der Waals surface area contributed by atoms with Crippen LogP contribution in [0.5, 0.6) is 0 Å². The molecule has 0 radical (unpaired) electrons. The maximum absolute atomic E-state index is 12.2. The predicted octanol–water partition coefficient (Wildman–Crippen LogP) is 1.95. The first-order chi connectivity index (χ1) is 13.4. The fraction of sp³-hybridized carbons (Fsp3) is 0.0556. The third-order valence-corrected chi connectivity index (χ3v) is 6.35. The molecule has 0 fully saturated rings. The number of amides is 2. The van der Waals surface area contributed by atoms with E-state index in [1.165, 1.54) is 12.3 Å². The summed E-state index contributed by atoms with van der Waals surface area (Å²) in [5, 5.41) is 1.68. The molecule has 0 aliphatic rings. The minimum Gasteiger partial charge on any atom is -0.279 e. The zero-order valence-corrected chi connectivity index (χ0v) is 16.1. The number of thiophene rings is 1. The summed E-state index contributed by atoms with van der Waals surface area (Å²) in [6.07, 6.45) is 2.95. The lowest BCUT2D eigenvalue weighted by molar-refractivity contribution is -0.121. The minimum absolute atomic E-state index is 0.0191. The molecular weight excluding hydrogens is 400 g/mol. The second-order valence-electron chi connectivity index (χ2n) is 5.66. The van der Waals surface area contributed by atoms with Crippen LogP contribution in [-0.4, -0.2) is 25.2 Å². The Morgan fingerprint density at radius 1 is 1.00 bits per heavy atom. The van der Waals surface area contributed by atoms with Crippen molar-refractivity contribution in [2.24, 2.45) is 0 Å². The van der Waals surface area contributed by atoms with E-state index in [1.807, 2.05) is 0 Å². The Morgan fingerprint density at radius 3 is 2.43 bits per heavy atom. The van der Waals surface area contributed by atoms with Crippen molar-refractivity contribution in [1.29, 1.82) is 0 Å². The van der Waals surface area contributed by atoms with E-state index in [-0.39, 0.29) is 10.6 Å². The number of carbonyl (C=O) groups excluding carboxylic acids is 2. The van der Waals surface area contributed by atoms with Crippen molar-refractivity contribution in [2.45, 2.75) is 10.6 Å². The highest BCUT2D eigenvalue weighted by Crippen LogP contribution is 2.20. The molecule has 144 valence electrons. The number of sulfonamides is 1. The average Bonchev–Trinajstić information content (AvgIpc) is 3.24. The lowest BCUT2D eigenvalue weighted by Crippen LogP contribution is -2.42. The van der Waals surface area contributed by atoms with Crippen LogP contribution >= 0.6 is 11.3 Å². The first-order valence-electron chi connectivity index (χ1n) is 8.08. The van der Waals surface area contributed by atoms with Crippen LogP contribution in [0.1, 0.15) is 15.9 Å². The van der Waals surface area contributed by atoms with E-state index >= 15 is 0 Å². The molecule has 2 heterocycles. The Balaban J connectivity index is 1.52. The summed E-state index contributed by atoms with van der Waals surface area (Å²) in [6, 6.07) is 12.8. The molecule has 8 nitrogen and oxygen atoms in total. The number of hydrogen-bond acceptors (Lipinski definition) is 6. The molecule has 3 N–H and O–H groups in total. The van der Waals surface area contributed by atoms with Gasteiger partial charge in [-0.25, -0.2) is 8.42 Å². The third kappa shape index (κ3) is 5.15. The number of anilines is 1. The smallest absolute Gasteiger partial charge is 0.271 e. The molecule has 1 aromatic carbocycles. The Morgan fingerprint density at radius 2 is 1.79 bits per heavy atom. The summed E-state index contributed by atoms with van der Waals surface area (Å²) in [5.74, 6) is -0.885. The molecule has 0 bridgehead atoms. The van der Waals surface area contributed by atoms with E-state index in [0.29, 0.717) is 16.8 Å². The second-order valence-corrected chi connectivity index (χ2v) is 8.51. The van der Waals surface area contributed by atoms with Gasteiger partial charge in [0.2, 0.25) is 5.91 Å². The summed E-state index contributed by atoms with van der Waals surface area (Å²) in [5.41, 5.74) is 6.01. The van der Waals surface area contributed by atoms with Gasteiger partial charge in [0.15, 0.2) is 0 Å². The second kappa shape index (κ2) is 8.63. The fourth-order valence-electron chi connectivity index (χ4n) is 2.24. The highest BCUT2D eigenvalue weighted by atomic mass is 32.2. The lowest BCUT2D eigenvalue weighted by Gasteiger charge is -2.09. The van der Waals surface area contributed by atoms with Crippen molar-refractivity contribution in [3.63, 3.8) is 0 Å². The van der Waals surface area contributed by atoms with Crippen LogP contribution in [0.15, 0.2) is 70.5 Å². The first-order valence-corrected chi connectivity index (χ1v) is 10.4. The van der Waals surface area contributed by atoms with Crippen LogP contribution in [0.25, 0.3) is 0 Å². The Hall–Kier alpha value is -3.24. The van der Waals surface area contributed by atoms with Crippen LogP contribution in [0.4, 0.5) is 5.69 Å². The van der Waals surface area contributed by atoms with E-state index in [1.54, 1.807) is 54.0 Å². The van der Waals surface area contributed by atoms with Crippen LogP contribution < -0.4 is 15.6 Å². The Kier molecular flexibility index (Phi) is 6.02. The summed E-state index contributed by atoms with van der Waals surface area (Å²) in [7, 11) is -3.61. The number of aromatic nitrogens is 1. The number of pyridine rings is 1. The molecule has 0 aliphatic heterocycles. The van der Waals surface area contributed by atoms with Gasteiger partial charge in [-0.3, -0.25) is 30.1 Å². The van der Waals surface area contributed by atoms with Gasteiger partial charge in [-0.15, -0.1) is 11.3 Å². The number of benzene rings is 1. The Bertz CT molecular complexity index is 1050. The van der Waals surface area contributed by atoms with Gasteiger partial charge in [-0.2, -0.15) is 0 Å². The first kappa shape index (κ1) is 19.5. The van der Waals surface area contributed by atoms with E-state index < -0.39 is 21.8 Å². The molecule has 0 spiro atoms. The van der Waals surface area contributed by atoms with Crippen molar-refractivity contribution in [3.05, 3.63) is 77.4 Å². The van der Waals surface area contributed by atoms with Crippen molar-refractivity contribution in [3.8, 4) is 0 Å². The number of hydrogen-bond donors (Lipinski definition) is 3. The molecule has 0 saturated heterocycles. The quantitative estimate of drug-likeness (QED) is 0.531. The van der Waals surface area contributed by atoms with E-state index in [0.717, 1.165) is 11.3 Å². The highest BCUT2D eigenvalue weighted by Gasteiger charge is 2.15. The van der Waals surface area contributed by atoms with Crippen molar-refractivity contribution >= 4 is 38.9 Å². The standard InChI is InChI=1S/C18H16N4O4S2/c23-16(20-21-18(24)14-3-1-9-19-12-14)11-13-5-7-15(8-6-13)22-28(25,26)17-4-2-10-27-17/h1-10,12,22H,11H2,(H,20,23)(H,21,24). The zero-order valence-electron chi connectivity index (χ0n) is 14.5. The van der Waals surface area contributed by atoms with Gasteiger partial charge in [0.05, 0.1) is 12.0 Å². The van der Waals surface area contributed by atoms with Crippen molar-refractivity contribution in [1.82, 2.24) is 15.8 Å². The zero-order chi connectivity index (χ0) is 20.0. The van der Waals surface area contributed by atoms with Gasteiger partial charge < -0.3 is 0 Å². The maximum Gasteiger partial charge on any atom is 0.271 e. The number of nitrogens with zero attached hydrogens (tertiary/aromatic N) is 1. The van der Waals surface area contributed by atoms with Gasteiger partial charge in [0, 0.05) is 18.1 Å². The summed E-state index contributed by atoms with van der Waals surface area (Å²) in [4.78, 5) is 27.6. The number of rotatable bonds is 6. The lowest BCUT2D eigenvalue weighted by atomic mass is 10.1. The van der Waals surface area contributed by atoms with Crippen molar-refractivity contribution < 1.29 is 18.0 Å². The SMILES string of the molecule is O=C(Cc1ccc(NS(=O)(=O)c2cccs2)cc1)NNC(=O)c1cccnc1. The molecule has 0 atom stereocenters. The Labute approximate surface area is 165 Å². The molecule has 28 heavy (non-hydrogen) atoms. The van der Waals surface area contributed by atoms with Gasteiger partial charge in [0.25, 0.3) is 15.9 Å². The van der Waals surface area contributed by atoms with Crippen LogP contribution in [0.3, 0.4) is 0 Å². The molecule has 2 amide bonds. The average molecular weight is 416 g/mol. The predicted molar refractivity (Wildman–Crippen MR) is 105 cm³/mol. The maximum atomic E-state index is 12.2. The molecule has 2 aromatic heterocycles. The van der Waals surface area contributed by atoms with Crippen LogP contribution in [0, 0.1) is 0 Å². The minimum atomic E-state index is -3.61. The van der Waals surface area contributed by atoms with E-state index in [9.17, 15) is 18.0 Å². The summed E-state index contributed by atoms with van der Waals surface area (Å²) >= 11 is 1.13. The molecule has 0 saturated carbocycles. The fourth-order valence-corrected chi connectivity index (χ4v) is 4.29. The van der Waals surface area contributed by atoms with Gasteiger partial charge >= 0.3 is 0 Å². The molecule has 0 unspecified atom stereocenters. The summed E-state index contributed by atoms with van der Waals surface area (Å²) in [6.45, 7) is 0. The van der Waals surface area contributed by atoms with Crippen molar-refractivity contribution in [2.75, 3.05) is 4.72 Å². The van der Waals surface area contributed by atoms with E-state index in [2.05, 4.69) is 20.6 Å². The van der Waals surface area contributed by atoms with E-state index in [4.69, 9.17) is 0 Å². The third-order valence-electron chi connectivity index (χ3n) is 3.57. The highest BCUT2D eigenvalue weighted by molar-refractivity contribution is 7.94. The van der Waals surface area contributed by atoms with Crippen LogP contribution in [0.2, 0.25) is 0 Å². The van der Waals surface area contributed by atoms with Gasteiger partial charge in [-0.1, -0.05) is 18.2 Å². The van der Waals surface area contributed by atoms with Crippen LogP contribution in [-0.2, 0) is 21.2 Å². The van der Waals surface area contributed by atoms with Gasteiger partial charge in [0.1, 0.15) is 4.21 Å². The molecule has 3 aromatic rings. The molecule has 10 heteroatoms. The monoisotopic (exact) mass is 416 g/mol. The molecule has 0 aliphatic carbocycles. The normalized spacial score (nSPS) is 10.9. The molecule has 3 rings (SSSR count). The number of hydrazine groups is 1. The number of carbonyl (C=O) groups is 2.